The number of rotatable bonds is 7. The van der Waals surface area contributed by atoms with Crippen LogP contribution in [0.15, 0.2) is 18.2 Å². The number of hydrogen-bond donors (Lipinski definition) is 1. The van der Waals surface area contributed by atoms with E-state index in [1.165, 1.54) is 12.8 Å². The number of nitrogens with zero attached hydrogens (tertiary/aromatic N) is 1. The number of hydrogen-bond acceptors (Lipinski definition) is 2. The number of alkyl halides is 3. The van der Waals surface area contributed by atoms with Crippen LogP contribution in [0.25, 0.3) is 0 Å². The lowest BCUT2D eigenvalue weighted by Crippen LogP contribution is -2.44. The maximum atomic E-state index is 13.1. The van der Waals surface area contributed by atoms with Crippen LogP contribution >= 0.6 is 0 Å². The molecule has 1 aromatic rings. The fraction of sp³-hybridized carbons (Fsp3) is 0.611. The van der Waals surface area contributed by atoms with E-state index in [0.29, 0.717) is 24.1 Å². The van der Waals surface area contributed by atoms with Crippen LogP contribution in [0.5, 0.6) is 0 Å². The van der Waals surface area contributed by atoms with Gasteiger partial charge in [-0.2, -0.15) is 13.2 Å². The smallest absolute Gasteiger partial charge is 0.351 e. The Bertz CT molecular complexity index is 638. The zero-order valence-corrected chi connectivity index (χ0v) is 14.1. The second-order valence-corrected chi connectivity index (χ2v) is 7.06. The summed E-state index contributed by atoms with van der Waals surface area (Å²) >= 11 is 0. The van der Waals surface area contributed by atoms with E-state index in [4.69, 9.17) is 0 Å². The first-order chi connectivity index (χ1) is 11.8. The summed E-state index contributed by atoms with van der Waals surface area (Å²) in [5.74, 6) is -0.611. The van der Waals surface area contributed by atoms with Crippen LogP contribution in [0, 0.1) is 11.7 Å². The van der Waals surface area contributed by atoms with E-state index in [-0.39, 0.29) is 24.6 Å². The molecule has 1 atom stereocenters. The van der Waals surface area contributed by atoms with E-state index < -0.39 is 17.6 Å². The van der Waals surface area contributed by atoms with Gasteiger partial charge in [-0.1, -0.05) is 6.07 Å². The Morgan fingerprint density at radius 2 is 1.96 bits per heavy atom. The Hall–Kier alpha value is -1.63. The first-order valence-electron chi connectivity index (χ1n) is 8.64. The van der Waals surface area contributed by atoms with Gasteiger partial charge < -0.3 is 5.32 Å². The average molecular weight is 358 g/mol. The molecule has 0 spiro atoms. The Kier molecular flexibility index (Phi) is 5.04. The van der Waals surface area contributed by atoms with Crippen LogP contribution in [0.4, 0.5) is 17.6 Å². The third-order valence-electron chi connectivity index (χ3n) is 5.02. The molecule has 7 heteroatoms. The summed E-state index contributed by atoms with van der Waals surface area (Å²) in [6.07, 6.45) is -0.156. The van der Waals surface area contributed by atoms with E-state index in [9.17, 15) is 22.4 Å². The Labute approximate surface area is 144 Å². The molecule has 2 aliphatic carbocycles. The van der Waals surface area contributed by atoms with Gasteiger partial charge in [0.15, 0.2) is 0 Å². The molecular weight excluding hydrogens is 336 g/mol. The molecule has 3 rings (SSSR count). The minimum absolute atomic E-state index is 0.129. The summed E-state index contributed by atoms with van der Waals surface area (Å²) in [6.45, 7) is 2.06. The lowest BCUT2D eigenvalue weighted by molar-refractivity contribution is -0.138. The molecule has 2 fully saturated rings. The fourth-order valence-electron chi connectivity index (χ4n) is 3.24. The molecule has 1 amide bonds. The SMILES string of the molecule is CC(C1CC1)N(CC(=O)NCc1ccc(F)cc1C(F)(F)F)C1CC1. The van der Waals surface area contributed by atoms with Crippen LogP contribution in [-0.2, 0) is 17.5 Å². The number of benzene rings is 1. The van der Waals surface area contributed by atoms with Crippen molar-refractivity contribution in [3.63, 3.8) is 0 Å². The third kappa shape index (κ3) is 4.71. The number of carbonyl (C=O) groups is 1. The molecule has 0 saturated heterocycles. The standard InChI is InChI=1S/C18H22F4N2O/c1-11(12-2-3-12)24(15-6-7-15)10-17(25)23-9-13-4-5-14(19)8-16(13)18(20,21)22/h4-5,8,11-12,15H,2-3,6-7,9-10H2,1H3,(H,23,25). The number of halogens is 4. The molecule has 0 aromatic heterocycles. The Balaban J connectivity index is 1.60. The molecule has 0 heterocycles. The highest BCUT2D eigenvalue weighted by Crippen LogP contribution is 2.39. The molecule has 25 heavy (non-hydrogen) atoms. The lowest BCUT2D eigenvalue weighted by Gasteiger charge is -2.28. The molecular formula is C18H22F4N2O. The first kappa shape index (κ1) is 18.2. The van der Waals surface area contributed by atoms with Crippen molar-refractivity contribution in [2.24, 2.45) is 5.92 Å². The van der Waals surface area contributed by atoms with Gasteiger partial charge in [0, 0.05) is 18.6 Å². The molecule has 138 valence electrons. The van der Waals surface area contributed by atoms with E-state index in [2.05, 4.69) is 17.1 Å². The van der Waals surface area contributed by atoms with Crippen molar-refractivity contribution in [2.75, 3.05) is 6.54 Å². The molecule has 1 aromatic carbocycles. The quantitative estimate of drug-likeness (QED) is 0.754. The van der Waals surface area contributed by atoms with Gasteiger partial charge in [0.25, 0.3) is 0 Å². The van der Waals surface area contributed by atoms with Crippen molar-refractivity contribution in [2.45, 2.75) is 57.4 Å². The minimum atomic E-state index is -4.65. The van der Waals surface area contributed by atoms with Gasteiger partial charge in [-0.25, -0.2) is 4.39 Å². The van der Waals surface area contributed by atoms with E-state index >= 15 is 0 Å². The summed E-state index contributed by atoms with van der Waals surface area (Å²) in [5, 5.41) is 2.56. The molecule has 0 bridgehead atoms. The minimum Gasteiger partial charge on any atom is -0.351 e. The zero-order chi connectivity index (χ0) is 18.2. The fourth-order valence-corrected chi connectivity index (χ4v) is 3.24. The topological polar surface area (TPSA) is 32.3 Å². The summed E-state index contributed by atoms with van der Waals surface area (Å²) in [7, 11) is 0. The molecule has 2 saturated carbocycles. The Morgan fingerprint density at radius 1 is 1.28 bits per heavy atom. The van der Waals surface area contributed by atoms with Crippen molar-refractivity contribution in [1.82, 2.24) is 10.2 Å². The van der Waals surface area contributed by atoms with Gasteiger partial charge in [-0.15, -0.1) is 0 Å². The molecule has 1 unspecified atom stereocenters. The molecule has 3 nitrogen and oxygen atoms in total. The largest absolute Gasteiger partial charge is 0.416 e. The van der Waals surface area contributed by atoms with Gasteiger partial charge in [0.1, 0.15) is 5.82 Å². The molecule has 0 aliphatic heterocycles. The van der Waals surface area contributed by atoms with E-state index in [1.54, 1.807) is 0 Å². The average Bonchev–Trinajstić information content (AvgIpc) is 3.42. The second kappa shape index (κ2) is 6.94. The molecule has 2 aliphatic rings. The predicted molar refractivity (Wildman–Crippen MR) is 85.2 cm³/mol. The van der Waals surface area contributed by atoms with Crippen LogP contribution in [-0.4, -0.2) is 29.4 Å². The van der Waals surface area contributed by atoms with Gasteiger partial charge in [-0.3, -0.25) is 9.69 Å². The van der Waals surface area contributed by atoms with E-state index in [1.807, 2.05) is 0 Å². The van der Waals surface area contributed by atoms with Gasteiger partial charge in [0.05, 0.1) is 12.1 Å². The summed E-state index contributed by atoms with van der Waals surface area (Å²) in [5.41, 5.74) is -1.17. The van der Waals surface area contributed by atoms with Gasteiger partial charge in [0.2, 0.25) is 5.91 Å². The first-order valence-corrected chi connectivity index (χ1v) is 8.64. The number of amides is 1. The maximum Gasteiger partial charge on any atom is 0.416 e. The highest BCUT2D eigenvalue weighted by atomic mass is 19.4. The predicted octanol–water partition coefficient (Wildman–Crippen LogP) is 3.72. The normalized spacial score (nSPS) is 19.1. The highest BCUT2D eigenvalue weighted by molar-refractivity contribution is 5.78. The summed E-state index contributed by atoms with van der Waals surface area (Å²) in [4.78, 5) is 14.4. The van der Waals surface area contributed by atoms with Crippen LogP contribution < -0.4 is 5.32 Å². The lowest BCUT2D eigenvalue weighted by atomic mass is 10.1. The third-order valence-corrected chi connectivity index (χ3v) is 5.02. The van der Waals surface area contributed by atoms with Gasteiger partial charge >= 0.3 is 6.18 Å². The van der Waals surface area contributed by atoms with Crippen LogP contribution in [0.1, 0.15) is 43.7 Å². The van der Waals surface area contributed by atoms with Gasteiger partial charge in [-0.05, 0) is 56.2 Å². The number of carbonyl (C=O) groups excluding carboxylic acids is 1. The number of nitrogens with one attached hydrogen (secondary N) is 1. The van der Waals surface area contributed by atoms with Crippen molar-refractivity contribution >= 4 is 5.91 Å². The van der Waals surface area contributed by atoms with Crippen LogP contribution in [0.3, 0.4) is 0 Å². The maximum absolute atomic E-state index is 13.1. The van der Waals surface area contributed by atoms with Crippen molar-refractivity contribution in [1.29, 1.82) is 0 Å². The van der Waals surface area contributed by atoms with Crippen molar-refractivity contribution in [3.05, 3.63) is 35.1 Å². The van der Waals surface area contributed by atoms with E-state index in [0.717, 1.165) is 25.0 Å². The molecule has 1 N–H and O–H groups in total. The monoisotopic (exact) mass is 358 g/mol. The zero-order valence-electron chi connectivity index (χ0n) is 14.1. The summed E-state index contributed by atoms with van der Waals surface area (Å²) in [6, 6.07) is 3.26. The van der Waals surface area contributed by atoms with Crippen molar-refractivity contribution in [3.8, 4) is 0 Å². The van der Waals surface area contributed by atoms with Crippen LogP contribution in [0.2, 0.25) is 0 Å². The Morgan fingerprint density at radius 3 is 2.52 bits per heavy atom. The summed E-state index contributed by atoms with van der Waals surface area (Å²) < 4.78 is 52.1. The second-order valence-electron chi connectivity index (χ2n) is 7.06. The van der Waals surface area contributed by atoms with Crippen molar-refractivity contribution < 1.29 is 22.4 Å². The highest BCUT2D eigenvalue weighted by Gasteiger charge is 2.40. The molecule has 0 radical (unpaired) electrons.